The Balaban J connectivity index is 2.75. The second-order valence-corrected chi connectivity index (χ2v) is 4.09. The zero-order valence-electron chi connectivity index (χ0n) is 9.70. The topological polar surface area (TPSA) is 43.1 Å². The van der Waals surface area contributed by atoms with Gasteiger partial charge >= 0.3 is 0 Å². The lowest BCUT2D eigenvalue weighted by Gasteiger charge is -1.96. The van der Waals surface area contributed by atoms with Crippen molar-refractivity contribution in [2.75, 3.05) is 0 Å². The third kappa shape index (κ3) is 4.46. The number of nitro benzene ring substituents is 1. The van der Waals surface area contributed by atoms with Gasteiger partial charge in [-0.3, -0.25) is 10.1 Å². The molecule has 0 saturated carbocycles. The molecule has 0 amide bonds. The number of non-ortho nitro benzene ring substituents is 1. The number of rotatable bonds is 4. The van der Waals surface area contributed by atoms with Crippen molar-refractivity contribution in [2.24, 2.45) is 0 Å². The van der Waals surface area contributed by atoms with E-state index in [2.05, 4.69) is 18.8 Å². The third-order valence-electron chi connectivity index (χ3n) is 2.29. The maximum Gasteiger partial charge on any atom is 0.270 e. The summed E-state index contributed by atoms with van der Waals surface area (Å²) in [6.45, 7) is 2.13. The molecule has 0 bridgehead atoms. The summed E-state index contributed by atoms with van der Waals surface area (Å²) < 4.78 is 0. The normalized spacial score (nSPS) is 9.53. The molecule has 0 radical (unpaired) electrons. The lowest BCUT2D eigenvalue weighted by molar-refractivity contribution is -0.384. The number of unbranched alkanes of at least 4 members (excludes halogenated alkanes) is 3. The molecule has 17 heavy (non-hydrogen) atoms. The largest absolute Gasteiger partial charge is 0.270 e. The summed E-state index contributed by atoms with van der Waals surface area (Å²) in [6.07, 6.45) is 4.15. The number of hydrogen-bond donors (Lipinski definition) is 0. The zero-order valence-corrected chi connectivity index (χ0v) is 10.5. The van der Waals surface area contributed by atoms with Crippen LogP contribution in [0, 0.1) is 22.0 Å². The summed E-state index contributed by atoms with van der Waals surface area (Å²) in [6, 6.07) is 4.30. The van der Waals surface area contributed by atoms with E-state index in [4.69, 9.17) is 11.6 Å². The summed E-state index contributed by atoms with van der Waals surface area (Å²) >= 11 is 5.92. The molecule has 0 aromatic heterocycles. The molecule has 1 rings (SSSR count). The first-order valence-electron chi connectivity index (χ1n) is 5.58. The molecule has 0 spiro atoms. The van der Waals surface area contributed by atoms with Gasteiger partial charge in [0.2, 0.25) is 0 Å². The highest BCUT2D eigenvalue weighted by molar-refractivity contribution is 6.31. The lowest BCUT2D eigenvalue weighted by Crippen LogP contribution is -1.88. The van der Waals surface area contributed by atoms with Crippen molar-refractivity contribution in [3.05, 3.63) is 38.9 Å². The van der Waals surface area contributed by atoms with Crippen LogP contribution < -0.4 is 0 Å². The smallest absolute Gasteiger partial charge is 0.258 e. The first kappa shape index (κ1) is 13.5. The number of hydrogen-bond acceptors (Lipinski definition) is 2. The molecule has 0 aliphatic rings. The molecule has 0 fully saturated rings. The van der Waals surface area contributed by atoms with Crippen molar-refractivity contribution in [2.45, 2.75) is 32.6 Å². The molecular weight excluding hydrogens is 238 g/mol. The first-order valence-corrected chi connectivity index (χ1v) is 5.95. The van der Waals surface area contributed by atoms with Gasteiger partial charge in [-0.25, -0.2) is 0 Å². The average molecular weight is 252 g/mol. The molecule has 1 aromatic rings. The van der Waals surface area contributed by atoms with Gasteiger partial charge in [-0.1, -0.05) is 43.2 Å². The van der Waals surface area contributed by atoms with Crippen molar-refractivity contribution >= 4 is 17.3 Å². The highest BCUT2D eigenvalue weighted by Crippen LogP contribution is 2.21. The van der Waals surface area contributed by atoms with Crippen LogP contribution in [0.5, 0.6) is 0 Å². The maximum atomic E-state index is 10.6. The highest BCUT2D eigenvalue weighted by Gasteiger charge is 2.07. The second kappa shape index (κ2) is 6.93. The van der Waals surface area contributed by atoms with Gasteiger partial charge in [0.1, 0.15) is 0 Å². The van der Waals surface area contributed by atoms with Crippen LogP contribution >= 0.6 is 11.6 Å². The average Bonchev–Trinajstić information content (AvgIpc) is 2.30. The van der Waals surface area contributed by atoms with E-state index < -0.39 is 4.92 Å². The Morgan fingerprint density at radius 2 is 2.18 bits per heavy atom. The Bertz CT molecular complexity index is 460. The summed E-state index contributed by atoms with van der Waals surface area (Å²) in [5.41, 5.74) is 0.546. The Kier molecular flexibility index (Phi) is 5.51. The summed E-state index contributed by atoms with van der Waals surface area (Å²) in [7, 11) is 0. The van der Waals surface area contributed by atoms with E-state index >= 15 is 0 Å². The molecule has 0 N–H and O–H groups in total. The molecule has 0 saturated heterocycles. The summed E-state index contributed by atoms with van der Waals surface area (Å²) in [5, 5.41) is 11.1. The number of halogens is 1. The van der Waals surface area contributed by atoms with Gasteiger partial charge in [0.15, 0.2) is 0 Å². The standard InChI is InChI=1S/C13H14ClNO2/c1-2-3-4-5-6-7-11-10-12(15(16)17)8-9-13(11)14/h8-10H,2-5H2,1H3. The lowest BCUT2D eigenvalue weighted by atomic mass is 10.1. The minimum atomic E-state index is -0.446. The van der Waals surface area contributed by atoms with Crippen molar-refractivity contribution in [3.8, 4) is 11.8 Å². The van der Waals surface area contributed by atoms with Crippen LogP contribution in [0.2, 0.25) is 5.02 Å². The van der Waals surface area contributed by atoms with Gasteiger partial charge in [0, 0.05) is 24.1 Å². The number of nitrogens with zero attached hydrogens (tertiary/aromatic N) is 1. The highest BCUT2D eigenvalue weighted by atomic mass is 35.5. The Morgan fingerprint density at radius 3 is 2.82 bits per heavy atom. The van der Waals surface area contributed by atoms with Gasteiger partial charge in [0.25, 0.3) is 5.69 Å². The molecule has 90 valence electrons. The van der Waals surface area contributed by atoms with Crippen molar-refractivity contribution in [1.29, 1.82) is 0 Å². The predicted molar refractivity (Wildman–Crippen MR) is 69.1 cm³/mol. The van der Waals surface area contributed by atoms with Crippen LogP contribution in [0.15, 0.2) is 18.2 Å². The molecule has 0 atom stereocenters. The minimum Gasteiger partial charge on any atom is -0.258 e. The van der Waals surface area contributed by atoms with Crippen LogP contribution in [0.4, 0.5) is 5.69 Å². The molecule has 0 aliphatic carbocycles. The minimum absolute atomic E-state index is 0.0206. The zero-order chi connectivity index (χ0) is 12.7. The third-order valence-corrected chi connectivity index (χ3v) is 2.62. The van der Waals surface area contributed by atoms with Crippen LogP contribution in [-0.2, 0) is 0 Å². The van der Waals surface area contributed by atoms with Crippen LogP contribution in [-0.4, -0.2) is 4.92 Å². The molecule has 1 aromatic carbocycles. The second-order valence-electron chi connectivity index (χ2n) is 3.68. The quantitative estimate of drug-likeness (QED) is 0.349. The van der Waals surface area contributed by atoms with Crippen molar-refractivity contribution in [1.82, 2.24) is 0 Å². The van der Waals surface area contributed by atoms with E-state index in [1.54, 1.807) is 0 Å². The first-order chi connectivity index (χ1) is 8.15. The van der Waals surface area contributed by atoms with E-state index in [9.17, 15) is 10.1 Å². The Hall–Kier alpha value is -1.53. The van der Waals surface area contributed by atoms with E-state index in [1.165, 1.54) is 18.2 Å². The number of benzene rings is 1. The Morgan fingerprint density at radius 1 is 1.41 bits per heavy atom. The van der Waals surface area contributed by atoms with Crippen molar-refractivity contribution in [3.63, 3.8) is 0 Å². The van der Waals surface area contributed by atoms with E-state index in [0.29, 0.717) is 10.6 Å². The summed E-state index contributed by atoms with van der Waals surface area (Å²) in [4.78, 5) is 10.1. The van der Waals surface area contributed by atoms with E-state index in [-0.39, 0.29) is 5.69 Å². The SMILES string of the molecule is CCCCCC#Cc1cc([N+](=O)[O-])ccc1Cl. The molecular formula is C13H14ClNO2. The fraction of sp³-hybridized carbons (Fsp3) is 0.385. The van der Waals surface area contributed by atoms with E-state index in [1.807, 2.05) is 0 Å². The van der Waals surface area contributed by atoms with E-state index in [0.717, 1.165) is 25.7 Å². The van der Waals surface area contributed by atoms with Crippen LogP contribution in [0.1, 0.15) is 38.2 Å². The molecule has 0 unspecified atom stereocenters. The van der Waals surface area contributed by atoms with Crippen molar-refractivity contribution < 1.29 is 4.92 Å². The van der Waals surface area contributed by atoms with Crippen LogP contribution in [0.25, 0.3) is 0 Å². The molecule has 4 heteroatoms. The predicted octanol–water partition coefficient (Wildman–Crippen LogP) is 4.18. The van der Waals surface area contributed by atoms with Gasteiger partial charge in [-0.2, -0.15) is 0 Å². The fourth-order valence-electron chi connectivity index (χ4n) is 1.34. The summed E-state index contributed by atoms with van der Waals surface area (Å²) in [5.74, 6) is 5.87. The molecule has 0 heterocycles. The van der Waals surface area contributed by atoms with Gasteiger partial charge < -0.3 is 0 Å². The fourth-order valence-corrected chi connectivity index (χ4v) is 1.51. The van der Waals surface area contributed by atoms with Crippen LogP contribution in [0.3, 0.4) is 0 Å². The van der Waals surface area contributed by atoms with Gasteiger partial charge in [-0.15, -0.1) is 0 Å². The van der Waals surface area contributed by atoms with Gasteiger partial charge in [0.05, 0.1) is 9.95 Å². The Labute approximate surface area is 106 Å². The maximum absolute atomic E-state index is 10.6. The number of nitro groups is 1. The molecule has 3 nitrogen and oxygen atoms in total. The molecule has 0 aliphatic heterocycles. The monoisotopic (exact) mass is 251 g/mol. The van der Waals surface area contributed by atoms with Gasteiger partial charge in [-0.05, 0) is 12.5 Å².